The standard InChI is InChI=1S/C14H20N4/c1-2-3-7-10-18-14(13(11-15)16-17-18)12-8-5-4-6-9-12/h4-6,8-9H,2-3,7,10-11,15H2,1H3. The maximum absolute atomic E-state index is 5.74. The number of aryl methyl sites for hydroxylation is 1. The molecule has 0 atom stereocenters. The summed E-state index contributed by atoms with van der Waals surface area (Å²) in [4.78, 5) is 0. The Labute approximate surface area is 108 Å². The first kappa shape index (κ1) is 12.8. The van der Waals surface area contributed by atoms with Crippen LogP contribution in [0.2, 0.25) is 0 Å². The van der Waals surface area contributed by atoms with Crippen molar-refractivity contribution in [2.75, 3.05) is 0 Å². The summed E-state index contributed by atoms with van der Waals surface area (Å²) in [6.07, 6.45) is 3.55. The van der Waals surface area contributed by atoms with Crippen LogP contribution in [0, 0.1) is 0 Å². The number of hydrogen-bond acceptors (Lipinski definition) is 3. The summed E-state index contributed by atoms with van der Waals surface area (Å²) in [5.41, 5.74) is 8.82. The van der Waals surface area contributed by atoms with E-state index in [9.17, 15) is 0 Å². The van der Waals surface area contributed by atoms with E-state index in [1.54, 1.807) is 0 Å². The van der Waals surface area contributed by atoms with Gasteiger partial charge in [0.2, 0.25) is 0 Å². The fourth-order valence-corrected chi connectivity index (χ4v) is 2.07. The molecule has 0 radical (unpaired) electrons. The van der Waals surface area contributed by atoms with Gasteiger partial charge in [-0.3, -0.25) is 0 Å². The molecule has 0 saturated heterocycles. The van der Waals surface area contributed by atoms with Crippen molar-refractivity contribution >= 4 is 0 Å². The average Bonchev–Trinajstić information content (AvgIpc) is 2.83. The Morgan fingerprint density at radius 3 is 2.61 bits per heavy atom. The molecule has 0 aliphatic heterocycles. The van der Waals surface area contributed by atoms with E-state index >= 15 is 0 Å². The minimum absolute atomic E-state index is 0.429. The van der Waals surface area contributed by atoms with E-state index in [1.807, 2.05) is 22.9 Å². The number of nitrogens with zero attached hydrogens (tertiary/aromatic N) is 3. The highest BCUT2D eigenvalue weighted by molar-refractivity contribution is 5.61. The van der Waals surface area contributed by atoms with Gasteiger partial charge < -0.3 is 5.73 Å². The Bertz CT molecular complexity index is 476. The molecule has 1 heterocycles. The van der Waals surface area contributed by atoms with Crippen molar-refractivity contribution in [3.63, 3.8) is 0 Å². The lowest BCUT2D eigenvalue weighted by atomic mass is 10.1. The monoisotopic (exact) mass is 244 g/mol. The smallest absolute Gasteiger partial charge is 0.104 e. The Morgan fingerprint density at radius 1 is 1.17 bits per heavy atom. The first-order chi connectivity index (χ1) is 8.86. The Hall–Kier alpha value is -1.68. The second-order valence-electron chi connectivity index (χ2n) is 4.39. The van der Waals surface area contributed by atoms with Gasteiger partial charge in [0.25, 0.3) is 0 Å². The lowest BCUT2D eigenvalue weighted by Gasteiger charge is -2.07. The molecule has 2 rings (SSSR count). The van der Waals surface area contributed by atoms with E-state index in [4.69, 9.17) is 5.73 Å². The van der Waals surface area contributed by atoms with Crippen LogP contribution in [0.4, 0.5) is 0 Å². The average molecular weight is 244 g/mol. The molecule has 0 aliphatic carbocycles. The number of hydrogen-bond donors (Lipinski definition) is 1. The van der Waals surface area contributed by atoms with Gasteiger partial charge in [-0.25, -0.2) is 4.68 Å². The first-order valence-corrected chi connectivity index (χ1v) is 6.54. The van der Waals surface area contributed by atoms with Crippen LogP contribution in [0.25, 0.3) is 11.3 Å². The fourth-order valence-electron chi connectivity index (χ4n) is 2.07. The minimum Gasteiger partial charge on any atom is -0.325 e. The molecule has 96 valence electrons. The Balaban J connectivity index is 2.28. The molecule has 0 bridgehead atoms. The van der Waals surface area contributed by atoms with Crippen LogP contribution in [0.5, 0.6) is 0 Å². The lowest BCUT2D eigenvalue weighted by Crippen LogP contribution is -2.04. The molecular weight excluding hydrogens is 224 g/mol. The van der Waals surface area contributed by atoms with Crippen LogP contribution in [-0.2, 0) is 13.1 Å². The SMILES string of the molecule is CCCCCn1nnc(CN)c1-c1ccccc1. The largest absolute Gasteiger partial charge is 0.325 e. The van der Waals surface area contributed by atoms with Gasteiger partial charge in [0.15, 0.2) is 0 Å². The van der Waals surface area contributed by atoms with Crippen LogP contribution >= 0.6 is 0 Å². The third kappa shape index (κ3) is 2.76. The van der Waals surface area contributed by atoms with E-state index < -0.39 is 0 Å². The Kier molecular flexibility index (Phi) is 4.47. The summed E-state index contributed by atoms with van der Waals surface area (Å²) < 4.78 is 1.98. The van der Waals surface area contributed by atoms with Gasteiger partial charge in [-0.05, 0) is 6.42 Å². The summed E-state index contributed by atoms with van der Waals surface area (Å²) in [5, 5.41) is 8.40. The van der Waals surface area contributed by atoms with Gasteiger partial charge in [0, 0.05) is 18.7 Å². The molecule has 4 heteroatoms. The maximum Gasteiger partial charge on any atom is 0.104 e. The molecule has 0 amide bonds. The summed E-state index contributed by atoms with van der Waals surface area (Å²) in [6.45, 7) is 3.54. The predicted molar refractivity (Wildman–Crippen MR) is 72.9 cm³/mol. The number of nitrogens with two attached hydrogens (primary N) is 1. The van der Waals surface area contributed by atoms with Gasteiger partial charge in [0.1, 0.15) is 5.69 Å². The van der Waals surface area contributed by atoms with Crippen LogP contribution in [0.1, 0.15) is 31.9 Å². The lowest BCUT2D eigenvalue weighted by molar-refractivity contribution is 0.541. The van der Waals surface area contributed by atoms with Crippen molar-refractivity contribution in [3.05, 3.63) is 36.0 Å². The van der Waals surface area contributed by atoms with Gasteiger partial charge in [0.05, 0.1) is 5.69 Å². The zero-order valence-electron chi connectivity index (χ0n) is 10.8. The molecule has 0 unspecified atom stereocenters. The maximum atomic E-state index is 5.74. The topological polar surface area (TPSA) is 56.7 Å². The molecule has 0 aliphatic rings. The Morgan fingerprint density at radius 2 is 1.94 bits per heavy atom. The molecule has 0 fully saturated rings. The van der Waals surface area contributed by atoms with Crippen molar-refractivity contribution in [3.8, 4) is 11.3 Å². The highest BCUT2D eigenvalue weighted by Gasteiger charge is 2.12. The van der Waals surface area contributed by atoms with Crippen LogP contribution < -0.4 is 5.73 Å². The summed E-state index contributed by atoms with van der Waals surface area (Å²) in [5.74, 6) is 0. The van der Waals surface area contributed by atoms with E-state index in [1.165, 1.54) is 12.8 Å². The van der Waals surface area contributed by atoms with Crippen molar-refractivity contribution < 1.29 is 0 Å². The van der Waals surface area contributed by atoms with Crippen molar-refractivity contribution in [2.24, 2.45) is 5.73 Å². The summed E-state index contributed by atoms with van der Waals surface area (Å²) in [6, 6.07) is 10.2. The molecular formula is C14H20N4. The number of aromatic nitrogens is 3. The van der Waals surface area contributed by atoms with Crippen molar-refractivity contribution in [1.82, 2.24) is 15.0 Å². The predicted octanol–water partition coefficient (Wildman–Crippen LogP) is 2.59. The van der Waals surface area contributed by atoms with E-state index in [2.05, 4.69) is 29.4 Å². The summed E-state index contributed by atoms with van der Waals surface area (Å²) in [7, 11) is 0. The van der Waals surface area contributed by atoms with Gasteiger partial charge in [-0.2, -0.15) is 0 Å². The highest BCUT2D eigenvalue weighted by atomic mass is 15.4. The van der Waals surface area contributed by atoms with Crippen LogP contribution in [0.15, 0.2) is 30.3 Å². The number of rotatable bonds is 6. The third-order valence-electron chi connectivity index (χ3n) is 3.02. The second kappa shape index (κ2) is 6.31. The molecule has 2 aromatic rings. The van der Waals surface area contributed by atoms with Crippen molar-refractivity contribution in [2.45, 2.75) is 39.3 Å². The fraction of sp³-hybridized carbons (Fsp3) is 0.429. The first-order valence-electron chi connectivity index (χ1n) is 6.54. The van der Waals surface area contributed by atoms with E-state index in [-0.39, 0.29) is 0 Å². The number of benzene rings is 1. The van der Waals surface area contributed by atoms with Gasteiger partial charge in [-0.15, -0.1) is 5.10 Å². The highest BCUT2D eigenvalue weighted by Crippen LogP contribution is 2.22. The molecule has 1 aromatic heterocycles. The molecule has 18 heavy (non-hydrogen) atoms. The van der Waals surface area contributed by atoms with Crippen LogP contribution in [-0.4, -0.2) is 15.0 Å². The van der Waals surface area contributed by atoms with Crippen molar-refractivity contribution in [1.29, 1.82) is 0 Å². The van der Waals surface area contributed by atoms with Gasteiger partial charge >= 0.3 is 0 Å². The normalized spacial score (nSPS) is 10.8. The molecule has 4 nitrogen and oxygen atoms in total. The van der Waals surface area contributed by atoms with E-state index in [0.29, 0.717) is 6.54 Å². The zero-order chi connectivity index (χ0) is 12.8. The molecule has 1 aromatic carbocycles. The van der Waals surface area contributed by atoms with Gasteiger partial charge in [-0.1, -0.05) is 55.3 Å². The molecule has 0 saturated carbocycles. The summed E-state index contributed by atoms with van der Waals surface area (Å²) >= 11 is 0. The van der Waals surface area contributed by atoms with Crippen LogP contribution in [0.3, 0.4) is 0 Å². The van der Waals surface area contributed by atoms with E-state index in [0.717, 1.165) is 29.9 Å². The number of unbranched alkanes of at least 4 members (excludes halogenated alkanes) is 2. The second-order valence-corrected chi connectivity index (χ2v) is 4.39. The molecule has 2 N–H and O–H groups in total. The zero-order valence-corrected chi connectivity index (χ0v) is 10.8. The molecule has 0 spiro atoms. The third-order valence-corrected chi connectivity index (χ3v) is 3.02. The minimum atomic E-state index is 0.429. The quantitative estimate of drug-likeness (QED) is 0.795.